The van der Waals surface area contributed by atoms with Gasteiger partial charge >= 0.3 is 0 Å². The normalized spacial score (nSPS) is 22.2. The summed E-state index contributed by atoms with van der Waals surface area (Å²) in [4.78, 5) is 2.65. The van der Waals surface area contributed by atoms with Crippen LogP contribution in [0.2, 0.25) is 0 Å². The summed E-state index contributed by atoms with van der Waals surface area (Å²) >= 11 is 0. The van der Waals surface area contributed by atoms with E-state index in [-0.39, 0.29) is 5.41 Å². The van der Waals surface area contributed by atoms with E-state index in [0.717, 1.165) is 0 Å². The molecule has 1 aromatic rings. The Kier molecular flexibility index (Phi) is 5.45. The molecular weight excluding hydrogens is 256 g/mol. The molecule has 0 bridgehead atoms. The van der Waals surface area contributed by atoms with Crippen LogP contribution in [0.4, 0.5) is 0 Å². The third kappa shape index (κ3) is 3.87. The minimum atomic E-state index is 0.216. The second-order valence-electron chi connectivity index (χ2n) is 7.42. The maximum atomic E-state index is 6.13. The zero-order valence-corrected chi connectivity index (χ0v) is 14.2. The van der Waals surface area contributed by atoms with Crippen molar-refractivity contribution in [1.82, 2.24) is 4.90 Å². The SMILES string of the molecule is CCC1CCCCN1C(CN)c1ccc(C(C)(C)C)cc1. The van der Waals surface area contributed by atoms with Crippen molar-refractivity contribution in [1.29, 1.82) is 0 Å². The summed E-state index contributed by atoms with van der Waals surface area (Å²) in [5, 5.41) is 0. The Morgan fingerprint density at radius 2 is 1.86 bits per heavy atom. The fourth-order valence-corrected chi connectivity index (χ4v) is 3.54. The monoisotopic (exact) mass is 288 g/mol. The van der Waals surface area contributed by atoms with Crippen LogP contribution < -0.4 is 5.73 Å². The summed E-state index contributed by atoms with van der Waals surface area (Å²) in [5.41, 5.74) is 9.13. The average Bonchev–Trinajstić information content (AvgIpc) is 2.48. The van der Waals surface area contributed by atoms with Crippen molar-refractivity contribution in [2.75, 3.05) is 13.1 Å². The van der Waals surface area contributed by atoms with Crippen molar-refractivity contribution < 1.29 is 0 Å². The van der Waals surface area contributed by atoms with Crippen LogP contribution in [0.3, 0.4) is 0 Å². The molecule has 1 aromatic carbocycles. The van der Waals surface area contributed by atoms with Crippen LogP contribution in [-0.4, -0.2) is 24.0 Å². The lowest BCUT2D eigenvalue weighted by Crippen LogP contribution is -2.44. The van der Waals surface area contributed by atoms with Gasteiger partial charge in [0, 0.05) is 18.6 Å². The van der Waals surface area contributed by atoms with Crippen molar-refractivity contribution >= 4 is 0 Å². The van der Waals surface area contributed by atoms with Gasteiger partial charge in [0.25, 0.3) is 0 Å². The second-order valence-corrected chi connectivity index (χ2v) is 7.42. The van der Waals surface area contributed by atoms with Gasteiger partial charge in [-0.3, -0.25) is 4.90 Å². The van der Waals surface area contributed by atoms with Crippen molar-refractivity contribution in [2.24, 2.45) is 5.73 Å². The van der Waals surface area contributed by atoms with Gasteiger partial charge < -0.3 is 5.73 Å². The van der Waals surface area contributed by atoms with Crippen LogP contribution >= 0.6 is 0 Å². The molecule has 0 aromatic heterocycles. The Morgan fingerprint density at radius 3 is 2.38 bits per heavy atom. The van der Waals surface area contributed by atoms with E-state index in [1.165, 1.54) is 43.4 Å². The van der Waals surface area contributed by atoms with Crippen LogP contribution in [0.1, 0.15) is 70.5 Å². The van der Waals surface area contributed by atoms with Gasteiger partial charge in [0.05, 0.1) is 0 Å². The molecule has 1 aliphatic rings. The second kappa shape index (κ2) is 6.93. The number of rotatable bonds is 4. The number of likely N-dealkylation sites (tertiary alicyclic amines) is 1. The fourth-order valence-electron chi connectivity index (χ4n) is 3.54. The van der Waals surface area contributed by atoms with Crippen LogP contribution in [-0.2, 0) is 5.41 Å². The van der Waals surface area contributed by atoms with Crippen molar-refractivity contribution in [3.63, 3.8) is 0 Å². The zero-order chi connectivity index (χ0) is 15.5. The van der Waals surface area contributed by atoms with Crippen LogP contribution in [0, 0.1) is 0 Å². The first-order chi connectivity index (χ1) is 9.97. The number of nitrogens with two attached hydrogens (primary N) is 1. The van der Waals surface area contributed by atoms with E-state index in [2.05, 4.69) is 56.9 Å². The fraction of sp³-hybridized carbons (Fsp3) is 0.684. The molecule has 1 fully saturated rings. The molecule has 1 heterocycles. The molecule has 0 spiro atoms. The lowest BCUT2D eigenvalue weighted by molar-refractivity contribution is 0.0949. The highest BCUT2D eigenvalue weighted by molar-refractivity contribution is 5.29. The van der Waals surface area contributed by atoms with Gasteiger partial charge in [0.2, 0.25) is 0 Å². The van der Waals surface area contributed by atoms with Gasteiger partial charge in [0.15, 0.2) is 0 Å². The highest BCUT2D eigenvalue weighted by atomic mass is 15.2. The Morgan fingerprint density at radius 1 is 1.19 bits per heavy atom. The van der Waals surface area contributed by atoms with Gasteiger partial charge in [0.1, 0.15) is 0 Å². The van der Waals surface area contributed by atoms with Gasteiger partial charge in [-0.2, -0.15) is 0 Å². The molecule has 0 saturated carbocycles. The molecule has 2 N–H and O–H groups in total. The smallest absolute Gasteiger partial charge is 0.0473 e. The van der Waals surface area contributed by atoms with Gasteiger partial charge in [-0.05, 0) is 42.3 Å². The number of benzene rings is 1. The number of nitrogens with zero attached hydrogens (tertiary/aromatic N) is 1. The summed E-state index contributed by atoms with van der Waals surface area (Å²) in [6, 6.07) is 10.2. The molecule has 2 unspecified atom stereocenters. The molecule has 0 amide bonds. The van der Waals surface area contributed by atoms with Gasteiger partial charge in [-0.15, -0.1) is 0 Å². The van der Waals surface area contributed by atoms with Crippen LogP contribution in [0.15, 0.2) is 24.3 Å². The first-order valence-electron chi connectivity index (χ1n) is 8.53. The summed E-state index contributed by atoms with van der Waals surface area (Å²) < 4.78 is 0. The number of hydrogen-bond donors (Lipinski definition) is 1. The highest BCUT2D eigenvalue weighted by Crippen LogP contribution is 2.31. The van der Waals surface area contributed by atoms with Crippen molar-refractivity contribution in [3.8, 4) is 0 Å². The Labute approximate surface area is 130 Å². The molecule has 118 valence electrons. The summed E-state index contributed by atoms with van der Waals surface area (Å²) in [6.45, 7) is 11.0. The third-order valence-electron chi connectivity index (χ3n) is 4.93. The van der Waals surface area contributed by atoms with Crippen molar-refractivity contribution in [2.45, 2.75) is 70.9 Å². The maximum absolute atomic E-state index is 6.13. The zero-order valence-electron chi connectivity index (χ0n) is 14.2. The Bertz CT molecular complexity index is 430. The van der Waals surface area contributed by atoms with E-state index in [9.17, 15) is 0 Å². The van der Waals surface area contributed by atoms with E-state index in [1.54, 1.807) is 0 Å². The van der Waals surface area contributed by atoms with E-state index in [0.29, 0.717) is 18.6 Å². The predicted octanol–water partition coefficient (Wildman–Crippen LogP) is 4.25. The molecule has 21 heavy (non-hydrogen) atoms. The lowest BCUT2D eigenvalue weighted by atomic mass is 9.86. The first kappa shape index (κ1) is 16.5. The molecule has 2 atom stereocenters. The highest BCUT2D eigenvalue weighted by Gasteiger charge is 2.28. The van der Waals surface area contributed by atoms with Crippen LogP contribution in [0.25, 0.3) is 0 Å². The Balaban J connectivity index is 2.20. The molecule has 1 saturated heterocycles. The molecular formula is C19H32N2. The quantitative estimate of drug-likeness (QED) is 0.897. The molecule has 0 radical (unpaired) electrons. The van der Waals surface area contributed by atoms with Crippen molar-refractivity contribution in [3.05, 3.63) is 35.4 Å². The molecule has 2 nitrogen and oxygen atoms in total. The molecule has 2 rings (SSSR count). The largest absolute Gasteiger partial charge is 0.329 e. The van der Waals surface area contributed by atoms with E-state index in [1.807, 2.05) is 0 Å². The minimum Gasteiger partial charge on any atom is -0.329 e. The van der Waals surface area contributed by atoms with E-state index >= 15 is 0 Å². The summed E-state index contributed by atoms with van der Waals surface area (Å²) in [5.74, 6) is 0. The van der Waals surface area contributed by atoms with Gasteiger partial charge in [-0.1, -0.05) is 58.4 Å². The minimum absolute atomic E-state index is 0.216. The lowest BCUT2D eigenvalue weighted by Gasteiger charge is -2.41. The number of hydrogen-bond acceptors (Lipinski definition) is 2. The third-order valence-corrected chi connectivity index (χ3v) is 4.93. The summed E-state index contributed by atoms with van der Waals surface area (Å²) in [6.07, 6.45) is 5.24. The first-order valence-corrected chi connectivity index (χ1v) is 8.53. The molecule has 0 aliphatic carbocycles. The predicted molar refractivity (Wildman–Crippen MR) is 91.6 cm³/mol. The Hall–Kier alpha value is -0.860. The molecule has 2 heteroatoms. The molecule has 1 aliphatic heterocycles. The topological polar surface area (TPSA) is 29.3 Å². The van der Waals surface area contributed by atoms with Crippen LogP contribution in [0.5, 0.6) is 0 Å². The average molecular weight is 288 g/mol. The van der Waals surface area contributed by atoms with E-state index < -0.39 is 0 Å². The maximum Gasteiger partial charge on any atom is 0.0473 e. The number of piperidine rings is 1. The van der Waals surface area contributed by atoms with E-state index in [4.69, 9.17) is 5.73 Å². The standard InChI is InChI=1S/C19H32N2/c1-5-17-8-6-7-13-21(17)18(14-20)15-9-11-16(12-10-15)19(2,3)4/h9-12,17-18H,5-8,13-14,20H2,1-4H3. The summed E-state index contributed by atoms with van der Waals surface area (Å²) in [7, 11) is 0. The van der Waals surface area contributed by atoms with Gasteiger partial charge in [-0.25, -0.2) is 0 Å².